The lowest BCUT2D eigenvalue weighted by Crippen LogP contribution is -2.37. The number of hydrogen-bond acceptors (Lipinski definition) is 8. The van der Waals surface area contributed by atoms with E-state index in [9.17, 15) is 19.0 Å². The van der Waals surface area contributed by atoms with Crippen LogP contribution in [0.5, 0.6) is 0 Å². The molecule has 10 nitrogen and oxygen atoms in total. The van der Waals surface area contributed by atoms with Crippen LogP contribution < -0.4 is 0 Å². The number of allylic oxidation sites excluding steroid dienone is 7. The van der Waals surface area contributed by atoms with E-state index in [0.29, 0.717) is 36.1 Å². The number of quaternary nitrogens is 1. The standard InChI is InChI=1S/C42H74NO9P/c1-6-8-10-11-12-13-14-19-22-25-29-33-42(45)51-38(37-50-53(46,47)49-35-34-43(3,4)5)36-48-41(44)32-28-24-21-18-16-15-17-20-23-27-31-40-39(52-40)30-26-9-7-2/h11-12,15,17-18,21,23,27,38-40H,6-10,13-14,16,19-20,22,24-26,28-37H2,1-5H3/p+1/b12-11-,17-15-,21-18-,27-23-/t38-,39?,40?/m1/s1. The van der Waals surface area contributed by atoms with E-state index < -0.39 is 32.5 Å². The second kappa shape index (κ2) is 31.2. The SMILES string of the molecule is CCCC/C=C\CCCCCCCC(=O)O[C@H](COC(=O)CCC/C=C\C/C=C\C/C=C\CC1OC1CCCCC)COP(=O)(O)OCC[N+](C)(C)C. The minimum atomic E-state index is -4.39. The molecule has 1 heterocycles. The Hall–Kier alpha value is -2.07. The summed E-state index contributed by atoms with van der Waals surface area (Å²) in [4.78, 5) is 35.2. The van der Waals surface area contributed by atoms with Gasteiger partial charge < -0.3 is 23.6 Å². The predicted molar refractivity (Wildman–Crippen MR) is 214 cm³/mol. The van der Waals surface area contributed by atoms with Gasteiger partial charge in [0, 0.05) is 12.8 Å². The smallest absolute Gasteiger partial charge is 0.462 e. The zero-order chi connectivity index (χ0) is 39.0. The number of hydrogen-bond donors (Lipinski definition) is 1. The van der Waals surface area contributed by atoms with Crippen LogP contribution in [0.4, 0.5) is 0 Å². The van der Waals surface area contributed by atoms with Gasteiger partial charge in [-0.2, -0.15) is 0 Å². The van der Waals surface area contributed by atoms with Crippen LogP contribution in [0.15, 0.2) is 48.6 Å². The van der Waals surface area contributed by atoms with Gasteiger partial charge in [0.15, 0.2) is 6.10 Å². The van der Waals surface area contributed by atoms with Crippen LogP contribution in [0.25, 0.3) is 0 Å². The fourth-order valence-electron chi connectivity index (χ4n) is 5.37. The summed E-state index contributed by atoms with van der Waals surface area (Å²) >= 11 is 0. The van der Waals surface area contributed by atoms with Crippen molar-refractivity contribution in [2.45, 2.75) is 161 Å². The first-order valence-corrected chi connectivity index (χ1v) is 22.0. The zero-order valence-corrected chi connectivity index (χ0v) is 34.8. The van der Waals surface area contributed by atoms with E-state index in [-0.39, 0.29) is 26.1 Å². The third-order valence-corrected chi connectivity index (χ3v) is 9.74. The first kappa shape index (κ1) is 48.9. The summed E-state index contributed by atoms with van der Waals surface area (Å²) in [7, 11) is 1.43. The number of nitrogens with zero attached hydrogens (tertiary/aromatic N) is 1. The lowest BCUT2D eigenvalue weighted by molar-refractivity contribution is -0.870. The highest BCUT2D eigenvalue weighted by molar-refractivity contribution is 7.47. The third kappa shape index (κ3) is 31.9. The lowest BCUT2D eigenvalue weighted by Gasteiger charge is -2.24. The van der Waals surface area contributed by atoms with Crippen molar-refractivity contribution in [3.05, 3.63) is 48.6 Å². The molecule has 4 atom stereocenters. The number of carbonyl (C=O) groups excluding carboxylic acids is 2. The molecule has 306 valence electrons. The molecule has 1 fully saturated rings. The van der Waals surface area contributed by atoms with E-state index in [1.165, 1.54) is 38.5 Å². The molecular formula is C42H75NO9P+. The topological polar surface area (TPSA) is 121 Å². The molecule has 0 aromatic rings. The van der Waals surface area contributed by atoms with Crippen LogP contribution in [-0.4, -0.2) is 87.1 Å². The number of epoxide rings is 1. The van der Waals surface area contributed by atoms with Gasteiger partial charge in [-0.25, -0.2) is 4.57 Å². The molecule has 3 unspecified atom stereocenters. The number of rotatable bonds is 35. The van der Waals surface area contributed by atoms with Crippen LogP contribution in [-0.2, 0) is 37.4 Å². The van der Waals surface area contributed by atoms with Crippen molar-refractivity contribution in [1.29, 1.82) is 0 Å². The molecule has 0 radical (unpaired) electrons. The molecule has 0 aromatic carbocycles. The molecule has 0 bridgehead atoms. The van der Waals surface area contributed by atoms with Crippen molar-refractivity contribution >= 4 is 19.8 Å². The fourth-order valence-corrected chi connectivity index (χ4v) is 6.12. The molecule has 0 aliphatic carbocycles. The van der Waals surface area contributed by atoms with Gasteiger partial charge in [0.05, 0.1) is 40.0 Å². The molecule has 1 aliphatic heterocycles. The highest BCUT2D eigenvalue weighted by atomic mass is 31.2. The van der Waals surface area contributed by atoms with Gasteiger partial charge in [-0.15, -0.1) is 0 Å². The van der Waals surface area contributed by atoms with Crippen molar-refractivity contribution in [2.24, 2.45) is 0 Å². The molecule has 0 spiro atoms. The maximum atomic E-state index is 12.6. The van der Waals surface area contributed by atoms with Crippen molar-refractivity contribution in [1.82, 2.24) is 0 Å². The van der Waals surface area contributed by atoms with Crippen molar-refractivity contribution < 1.29 is 46.8 Å². The zero-order valence-electron chi connectivity index (χ0n) is 33.9. The maximum absolute atomic E-state index is 12.6. The Labute approximate surface area is 322 Å². The Bertz CT molecular complexity index is 1110. The maximum Gasteiger partial charge on any atom is 0.472 e. The van der Waals surface area contributed by atoms with Gasteiger partial charge in [-0.05, 0) is 64.2 Å². The fraction of sp³-hybridized carbons (Fsp3) is 0.762. The summed E-state index contributed by atoms with van der Waals surface area (Å²) in [5, 5.41) is 0. The molecule has 1 N–H and O–H groups in total. The van der Waals surface area contributed by atoms with E-state index in [1.54, 1.807) is 0 Å². The summed E-state index contributed by atoms with van der Waals surface area (Å²) in [5.41, 5.74) is 0. The monoisotopic (exact) mass is 769 g/mol. The van der Waals surface area contributed by atoms with E-state index in [2.05, 4.69) is 62.5 Å². The van der Waals surface area contributed by atoms with Gasteiger partial charge in [0.1, 0.15) is 19.8 Å². The minimum absolute atomic E-state index is 0.0180. The van der Waals surface area contributed by atoms with Gasteiger partial charge in [-0.1, -0.05) is 114 Å². The molecule has 0 aromatic heterocycles. The second-order valence-corrected chi connectivity index (χ2v) is 16.5. The number of likely N-dealkylation sites (N-methyl/N-ethyl adjacent to an activating group) is 1. The number of esters is 2. The minimum Gasteiger partial charge on any atom is -0.462 e. The number of phosphoric acid groups is 1. The van der Waals surface area contributed by atoms with Crippen LogP contribution in [0, 0.1) is 0 Å². The van der Waals surface area contributed by atoms with Crippen molar-refractivity contribution in [3.63, 3.8) is 0 Å². The van der Waals surface area contributed by atoms with Crippen LogP contribution in [0.1, 0.15) is 142 Å². The predicted octanol–water partition coefficient (Wildman–Crippen LogP) is 10.1. The summed E-state index contributed by atoms with van der Waals surface area (Å²) in [5.74, 6) is -0.886. The Kier molecular flexibility index (Phi) is 28.8. The first-order valence-electron chi connectivity index (χ1n) is 20.5. The quantitative estimate of drug-likeness (QED) is 0.0168. The Balaban J connectivity index is 2.34. The molecular weight excluding hydrogens is 693 g/mol. The van der Waals surface area contributed by atoms with E-state index in [0.717, 1.165) is 64.2 Å². The number of carbonyl (C=O) groups is 2. The number of unbranched alkanes of at least 4 members (excludes halogenated alkanes) is 10. The normalized spacial score (nSPS) is 18.0. The average Bonchev–Trinajstić information content (AvgIpc) is 3.86. The van der Waals surface area contributed by atoms with E-state index >= 15 is 0 Å². The van der Waals surface area contributed by atoms with Crippen molar-refractivity contribution in [3.8, 4) is 0 Å². The molecule has 1 rings (SSSR count). The Morgan fingerprint density at radius 1 is 0.698 bits per heavy atom. The molecule has 0 saturated carbocycles. The van der Waals surface area contributed by atoms with Crippen LogP contribution >= 0.6 is 7.82 Å². The number of phosphoric ester groups is 1. The average molecular weight is 769 g/mol. The van der Waals surface area contributed by atoms with Gasteiger partial charge in [0.25, 0.3) is 0 Å². The molecule has 0 amide bonds. The highest BCUT2D eigenvalue weighted by Gasteiger charge is 2.36. The highest BCUT2D eigenvalue weighted by Crippen LogP contribution is 2.43. The molecule has 1 saturated heterocycles. The Morgan fingerprint density at radius 2 is 1.30 bits per heavy atom. The van der Waals surface area contributed by atoms with Crippen LogP contribution in [0.2, 0.25) is 0 Å². The lowest BCUT2D eigenvalue weighted by atomic mass is 10.1. The summed E-state index contributed by atoms with van der Waals surface area (Å²) in [6.45, 7) is 4.25. The summed E-state index contributed by atoms with van der Waals surface area (Å²) < 4.78 is 39.8. The summed E-state index contributed by atoms with van der Waals surface area (Å²) in [6.07, 6.45) is 36.3. The molecule has 11 heteroatoms. The van der Waals surface area contributed by atoms with Gasteiger partial charge in [0.2, 0.25) is 0 Å². The second-order valence-electron chi connectivity index (χ2n) is 15.0. The first-order chi connectivity index (χ1) is 25.5. The Morgan fingerprint density at radius 3 is 2.02 bits per heavy atom. The molecule has 53 heavy (non-hydrogen) atoms. The van der Waals surface area contributed by atoms with E-state index in [1.807, 2.05) is 21.1 Å². The van der Waals surface area contributed by atoms with Gasteiger partial charge in [-0.3, -0.25) is 18.6 Å². The van der Waals surface area contributed by atoms with E-state index in [4.69, 9.17) is 23.3 Å². The van der Waals surface area contributed by atoms with Gasteiger partial charge >= 0.3 is 19.8 Å². The number of ether oxygens (including phenoxy) is 3. The third-order valence-electron chi connectivity index (χ3n) is 8.76. The van der Waals surface area contributed by atoms with Crippen LogP contribution in [0.3, 0.4) is 0 Å². The molecule has 1 aliphatic rings. The summed E-state index contributed by atoms with van der Waals surface area (Å²) in [6, 6.07) is 0. The largest absolute Gasteiger partial charge is 0.472 e. The van der Waals surface area contributed by atoms with Crippen molar-refractivity contribution in [2.75, 3.05) is 47.5 Å².